The van der Waals surface area contributed by atoms with Crippen molar-refractivity contribution in [3.05, 3.63) is 46.6 Å². The number of nitrogens with one attached hydrogen (secondary N) is 2. The summed E-state index contributed by atoms with van der Waals surface area (Å²) in [6.07, 6.45) is 0.573. The van der Waals surface area contributed by atoms with Crippen molar-refractivity contribution in [1.29, 1.82) is 0 Å². The fourth-order valence-electron chi connectivity index (χ4n) is 2.51. The van der Waals surface area contributed by atoms with Gasteiger partial charge >= 0.3 is 6.03 Å². The largest absolute Gasteiger partial charge is 0.371 e. The molecule has 23 heavy (non-hydrogen) atoms. The molecule has 0 spiro atoms. The highest BCUT2D eigenvalue weighted by molar-refractivity contribution is 6.30. The van der Waals surface area contributed by atoms with Crippen LogP contribution in [-0.4, -0.2) is 28.8 Å². The molecule has 1 aromatic carbocycles. The van der Waals surface area contributed by atoms with Gasteiger partial charge in [0.1, 0.15) is 6.10 Å². The monoisotopic (exact) mass is 336 g/mol. The molecule has 1 aliphatic rings. The van der Waals surface area contributed by atoms with E-state index in [0.717, 1.165) is 12.0 Å². The summed E-state index contributed by atoms with van der Waals surface area (Å²) in [5.74, 6) is 0.906. The van der Waals surface area contributed by atoms with Crippen molar-refractivity contribution in [2.24, 2.45) is 0 Å². The van der Waals surface area contributed by atoms with E-state index >= 15 is 0 Å². The smallest absolute Gasteiger partial charge is 0.315 e. The van der Waals surface area contributed by atoms with E-state index in [4.69, 9.17) is 20.9 Å². The molecule has 2 atom stereocenters. The van der Waals surface area contributed by atoms with E-state index < -0.39 is 0 Å². The molecule has 3 rings (SSSR count). The van der Waals surface area contributed by atoms with Crippen LogP contribution in [0.15, 0.2) is 28.8 Å². The standard InChI is InChI=1S/C15H17ClN4O3/c1-9-18-13(23-20-9)8-17-15(21)19-12-6-7-22-14(12)10-2-4-11(16)5-3-10/h2-5,12,14H,6-8H2,1H3,(H2,17,19,21)/t12-,14-/m1/s1. The first-order valence-corrected chi connectivity index (χ1v) is 7.70. The molecule has 1 fully saturated rings. The van der Waals surface area contributed by atoms with Gasteiger partial charge in [0, 0.05) is 11.6 Å². The number of hydrogen-bond acceptors (Lipinski definition) is 5. The van der Waals surface area contributed by atoms with Crippen molar-refractivity contribution in [1.82, 2.24) is 20.8 Å². The molecule has 2 N–H and O–H groups in total. The molecule has 0 bridgehead atoms. The Morgan fingerprint density at radius 3 is 2.87 bits per heavy atom. The summed E-state index contributed by atoms with van der Waals surface area (Å²) in [6.45, 7) is 2.51. The van der Waals surface area contributed by atoms with Crippen LogP contribution in [-0.2, 0) is 11.3 Å². The second-order valence-corrected chi connectivity index (χ2v) is 5.74. The second kappa shape index (κ2) is 6.97. The number of aryl methyl sites for hydroxylation is 1. The van der Waals surface area contributed by atoms with E-state index in [2.05, 4.69) is 20.8 Å². The van der Waals surface area contributed by atoms with Crippen LogP contribution >= 0.6 is 11.6 Å². The molecule has 1 aromatic heterocycles. The van der Waals surface area contributed by atoms with Crippen LogP contribution in [0.2, 0.25) is 5.02 Å². The van der Waals surface area contributed by atoms with E-state index in [-0.39, 0.29) is 24.7 Å². The highest BCUT2D eigenvalue weighted by Crippen LogP contribution is 2.29. The minimum atomic E-state index is -0.296. The number of rotatable bonds is 4. The molecule has 2 heterocycles. The van der Waals surface area contributed by atoms with Gasteiger partial charge in [0.25, 0.3) is 0 Å². The van der Waals surface area contributed by atoms with Gasteiger partial charge in [0.2, 0.25) is 5.89 Å². The van der Waals surface area contributed by atoms with E-state index in [1.807, 2.05) is 24.3 Å². The van der Waals surface area contributed by atoms with Crippen molar-refractivity contribution in [2.75, 3.05) is 6.61 Å². The summed E-state index contributed by atoms with van der Waals surface area (Å²) in [5, 5.41) is 9.96. The van der Waals surface area contributed by atoms with Crippen molar-refractivity contribution in [2.45, 2.75) is 32.0 Å². The molecule has 0 aliphatic carbocycles. The molecule has 122 valence electrons. The van der Waals surface area contributed by atoms with E-state index in [9.17, 15) is 4.79 Å². The van der Waals surface area contributed by atoms with Gasteiger partial charge in [-0.2, -0.15) is 4.98 Å². The Hall–Kier alpha value is -2.12. The van der Waals surface area contributed by atoms with Gasteiger partial charge in [-0.3, -0.25) is 0 Å². The number of amides is 2. The normalized spacial score (nSPS) is 20.4. The number of benzene rings is 1. The molecule has 2 aromatic rings. The topological polar surface area (TPSA) is 89.3 Å². The lowest BCUT2D eigenvalue weighted by Crippen LogP contribution is -2.43. The van der Waals surface area contributed by atoms with E-state index in [1.54, 1.807) is 6.92 Å². The Kier molecular flexibility index (Phi) is 4.78. The first-order valence-electron chi connectivity index (χ1n) is 7.32. The molecule has 0 unspecified atom stereocenters. The highest BCUT2D eigenvalue weighted by Gasteiger charge is 2.30. The number of aromatic nitrogens is 2. The van der Waals surface area contributed by atoms with Gasteiger partial charge in [-0.15, -0.1) is 0 Å². The average molecular weight is 337 g/mol. The zero-order chi connectivity index (χ0) is 16.2. The SMILES string of the molecule is Cc1noc(CNC(=O)N[C@@H]2CCO[C@@H]2c2ccc(Cl)cc2)n1. The number of nitrogens with zero attached hydrogens (tertiary/aromatic N) is 2. The zero-order valence-corrected chi connectivity index (χ0v) is 13.3. The van der Waals surface area contributed by atoms with Gasteiger partial charge in [-0.05, 0) is 31.0 Å². The lowest BCUT2D eigenvalue weighted by Gasteiger charge is -2.20. The Morgan fingerprint density at radius 2 is 2.17 bits per heavy atom. The molecule has 1 saturated heterocycles. The maximum Gasteiger partial charge on any atom is 0.315 e. The third kappa shape index (κ3) is 4.00. The van der Waals surface area contributed by atoms with Crippen molar-refractivity contribution in [3.8, 4) is 0 Å². The van der Waals surface area contributed by atoms with Crippen LogP contribution < -0.4 is 10.6 Å². The van der Waals surface area contributed by atoms with Gasteiger partial charge in [-0.25, -0.2) is 4.79 Å². The Morgan fingerprint density at radius 1 is 1.39 bits per heavy atom. The minimum Gasteiger partial charge on any atom is -0.371 e. The first kappa shape index (κ1) is 15.8. The predicted octanol–water partition coefficient (Wildman–Crippen LogP) is 2.36. The van der Waals surface area contributed by atoms with Crippen LogP contribution in [0.4, 0.5) is 4.79 Å². The molecule has 0 saturated carbocycles. The summed E-state index contributed by atoms with van der Waals surface area (Å²) < 4.78 is 10.7. The highest BCUT2D eigenvalue weighted by atomic mass is 35.5. The van der Waals surface area contributed by atoms with E-state index in [0.29, 0.717) is 23.3 Å². The molecule has 2 amide bonds. The fraction of sp³-hybridized carbons (Fsp3) is 0.400. The third-order valence-electron chi connectivity index (χ3n) is 3.58. The fourth-order valence-corrected chi connectivity index (χ4v) is 2.63. The molecular formula is C15H17ClN4O3. The third-order valence-corrected chi connectivity index (χ3v) is 3.83. The van der Waals surface area contributed by atoms with Crippen LogP contribution in [0.3, 0.4) is 0 Å². The number of hydrogen-bond donors (Lipinski definition) is 2. The maximum atomic E-state index is 12.0. The van der Waals surface area contributed by atoms with Crippen LogP contribution in [0.1, 0.15) is 29.8 Å². The van der Waals surface area contributed by atoms with Gasteiger partial charge in [0.15, 0.2) is 5.82 Å². The van der Waals surface area contributed by atoms with Crippen molar-refractivity contribution in [3.63, 3.8) is 0 Å². The molecule has 0 radical (unpaired) electrons. The lowest BCUT2D eigenvalue weighted by atomic mass is 10.0. The van der Waals surface area contributed by atoms with E-state index in [1.165, 1.54) is 0 Å². The molecule has 7 nitrogen and oxygen atoms in total. The summed E-state index contributed by atoms with van der Waals surface area (Å²) in [7, 11) is 0. The van der Waals surface area contributed by atoms with Gasteiger partial charge in [0.05, 0.1) is 12.6 Å². The summed E-state index contributed by atoms with van der Waals surface area (Å²) in [6, 6.07) is 7.05. The van der Waals surface area contributed by atoms with Gasteiger partial charge in [-0.1, -0.05) is 28.9 Å². The quantitative estimate of drug-likeness (QED) is 0.894. The lowest BCUT2D eigenvalue weighted by molar-refractivity contribution is 0.0999. The Labute approximate surface area is 138 Å². The van der Waals surface area contributed by atoms with Crippen molar-refractivity contribution < 1.29 is 14.1 Å². The Balaban J connectivity index is 1.55. The number of urea groups is 1. The average Bonchev–Trinajstić information content (AvgIpc) is 3.15. The van der Waals surface area contributed by atoms with Crippen LogP contribution in [0.25, 0.3) is 0 Å². The van der Waals surface area contributed by atoms with Gasteiger partial charge < -0.3 is 19.9 Å². The van der Waals surface area contributed by atoms with Crippen LogP contribution in [0, 0.1) is 6.92 Å². The molecular weight excluding hydrogens is 320 g/mol. The second-order valence-electron chi connectivity index (χ2n) is 5.30. The number of halogens is 1. The number of carbonyl (C=O) groups is 1. The molecule has 8 heteroatoms. The van der Waals surface area contributed by atoms with Crippen molar-refractivity contribution >= 4 is 17.6 Å². The maximum absolute atomic E-state index is 12.0. The number of ether oxygens (including phenoxy) is 1. The van der Waals surface area contributed by atoms with Crippen LogP contribution in [0.5, 0.6) is 0 Å². The minimum absolute atomic E-state index is 0.0967. The summed E-state index contributed by atoms with van der Waals surface area (Å²) in [5.41, 5.74) is 0.990. The zero-order valence-electron chi connectivity index (χ0n) is 12.6. The first-order chi connectivity index (χ1) is 11.1. The predicted molar refractivity (Wildman–Crippen MR) is 83.0 cm³/mol. The number of carbonyl (C=O) groups excluding carboxylic acids is 1. The summed E-state index contributed by atoms with van der Waals surface area (Å²) in [4.78, 5) is 16.0. The molecule has 1 aliphatic heterocycles. The Bertz CT molecular complexity index is 674. The summed E-state index contributed by atoms with van der Waals surface area (Å²) >= 11 is 5.90.